The van der Waals surface area contributed by atoms with E-state index in [1.165, 1.54) is 0 Å². The van der Waals surface area contributed by atoms with Gasteiger partial charge in [-0.25, -0.2) is 0 Å². The van der Waals surface area contributed by atoms with E-state index in [9.17, 15) is 5.11 Å². The summed E-state index contributed by atoms with van der Waals surface area (Å²) in [6, 6.07) is 1.95. The molecule has 0 fully saturated rings. The molecule has 1 aromatic rings. The zero-order valence-corrected chi connectivity index (χ0v) is 11.9. The third-order valence-corrected chi connectivity index (χ3v) is 5.33. The standard InChI is InChI=1S/C10H12Br2OS/c1-3-6(2)4-8(13)9-5-7(11)10(12)14-9/h5,8,13H,2-4H2,1H3. The number of aliphatic hydroxyl groups is 1. The molecule has 1 atom stereocenters. The highest BCUT2D eigenvalue weighted by molar-refractivity contribution is 9.13. The van der Waals surface area contributed by atoms with Gasteiger partial charge in [0.15, 0.2) is 0 Å². The molecule has 0 aliphatic heterocycles. The largest absolute Gasteiger partial charge is 0.387 e. The topological polar surface area (TPSA) is 20.2 Å². The lowest BCUT2D eigenvalue weighted by Gasteiger charge is -2.08. The minimum Gasteiger partial charge on any atom is -0.387 e. The van der Waals surface area contributed by atoms with Gasteiger partial charge in [0, 0.05) is 9.35 Å². The minimum absolute atomic E-state index is 0.421. The Balaban J connectivity index is 2.69. The Bertz CT molecular complexity index is 313. The minimum atomic E-state index is -0.421. The van der Waals surface area contributed by atoms with Gasteiger partial charge in [0.1, 0.15) is 0 Å². The van der Waals surface area contributed by atoms with Crippen LogP contribution in [0.3, 0.4) is 0 Å². The van der Waals surface area contributed by atoms with E-state index in [-0.39, 0.29) is 0 Å². The van der Waals surface area contributed by atoms with Crippen LogP contribution in [0, 0.1) is 0 Å². The maximum Gasteiger partial charge on any atom is 0.0919 e. The highest BCUT2D eigenvalue weighted by Crippen LogP contribution is 2.37. The average Bonchev–Trinajstić information content (AvgIpc) is 2.47. The first-order chi connectivity index (χ1) is 6.54. The van der Waals surface area contributed by atoms with E-state index in [2.05, 4.69) is 45.4 Å². The summed E-state index contributed by atoms with van der Waals surface area (Å²) in [5, 5.41) is 9.87. The molecule has 1 N–H and O–H groups in total. The molecule has 0 saturated heterocycles. The molecule has 0 aliphatic carbocycles. The first kappa shape index (κ1) is 12.4. The van der Waals surface area contributed by atoms with Crippen LogP contribution in [0.5, 0.6) is 0 Å². The van der Waals surface area contributed by atoms with Crippen LogP contribution in [0.1, 0.15) is 30.7 Å². The van der Waals surface area contributed by atoms with E-state index in [1.807, 2.05) is 6.07 Å². The molecule has 1 aromatic heterocycles. The summed E-state index contributed by atoms with van der Waals surface area (Å²) >= 11 is 8.36. The van der Waals surface area contributed by atoms with Gasteiger partial charge in [0.05, 0.1) is 9.89 Å². The van der Waals surface area contributed by atoms with Crippen LogP contribution >= 0.6 is 43.2 Å². The number of thiophene rings is 1. The van der Waals surface area contributed by atoms with Gasteiger partial charge in [0.25, 0.3) is 0 Å². The van der Waals surface area contributed by atoms with Gasteiger partial charge in [-0.2, -0.15) is 0 Å². The van der Waals surface area contributed by atoms with Crippen molar-refractivity contribution in [1.82, 2.24) is 0 Å². The fraction of sp³-hybridized carbons (Fsp3) is 0.400. The molecule has 0 saturated carbocycles. The van der Waals surface area contributed by atoms with Crippen molar-refractivity contribution in [3.8, 4) is 0 Å². The van der Waals surface area contributed by atoms with Gasteiger partial charge in [-0.3, -0.25) is 0 Å². The predicted molar refractivity (Wildman–Crippen MR) is 68.7 cm³/mol. The molecule has 0 spiro atoms. The van der Waals surface area contributed by atoms with E-state index >= 15 is 0 Å². The maximum absolute atomic E-state index is 9.87. The van der Waals surface area contributed by atoms with Crippen LogP contribution in [-0.4, -0.2) is 5.11 Å². The quantitative estimate of drug-likeness (QED) is 0.791. The van der Waals surface area contributed by atoms with Crippen LogP contribution in [0.4, 0.5) is 0 Å². The third-order valence-electron chi connectivity index (χ3n) is 1.97. The molecule has 1 rings (SSSR count). The summed E-state index contributed by atoms with van der Waals surface area (Å²) in [6.45, 7) is 5.94. The van der Waals surface area contributed by atoms with Gasteiger partial charge in [0.2, 0.25) is 0 Å². The molecular formula is C10H12Br2OS. The Labute approximate surface area is 105 Å². The Kier molecular flexibility index (Phi) is 4.83. The van der Waals surface area contributed by atoms with Crippen molar-refractivity contribution < 1.29 is 5.11 Å². The molecule has 0 aliphatic rings. The predicted octanol–water partition coefficient (Wildman–Crippen LogP) is 4.66. The average molecular weight is 340 g/mol. The second-order valence-electron chi connectivity index (χ2n) is 3.09. The number of hydrogen-bond donors (Lipinski definition) is 1. The zero-order chi connectivity index (χ0) is 10.7. The molecule has 1 unspecified atom stereocenters. The highest BCUT2D eigenvalue weighted by Gasteiger charge is 2.13. The molecule has 0 amide bonds. The normalized spacial score (nSPS) is 12.9. The van der Waals surface area contributed by atoms with Crippen LogP contribution in [-0.2, 0) is 0 Å². The van der Waals surface area contributed by atoms with Crippen molar-refractivity contribution >= 4 is 43.2 Å². The van der Waals surface area contributed by atoms with E-state index in [0.717, 1.165) is 25.1 Å². The summed E-state index contributed by atoms with van der Waals surface area (Å²) in [5.74, 6) is 0. The van der Waals surface area contributed by atoms with Gasteiger partial charge in [-0.05, 0) is 50.8 Å². The summed E-state index contributed by atoms with van der Waals surface area (Å²) < 4.78 is 2.02. The van der Waals surface area contributed by atoms with Crippen molar-refractivity contribution in [3.63, 3.8) is 0 Å². The Hall–Kier alpha value is 0.360. The fourth-order valence-electron chi connectivity index (χ4n) is 1.05. The first-order valence-corrected chi connectivity index (χ1v) is 6.74. The lowest BCUT2D eigenvalue weighted by atomic mass is 10.1. The monoisotopic (exact) mass is 338 g/mol. The van der Waals surface area contributed by atoms with Gasteiger partial charge in [-0.15, -0.1) is 11.3 Å². The molecule has 0 aromatic carbocycles. The zero-order valence-electron chi connectivity index (χ0n) is 7.89. The molecule has 0 radical (unpaired) electrons. The van der Waals surface area contributed by atoms with E-state index in [1.54, 1.807) is 11.3 Å². The number of hydrogen-bond acceptors (Lipinski definition) is 2. The molecule has 0 bridgehead atoms. The first-order valence-electron chi connectivity index (χ1n) is 4.34. The molecule has 1 heterocycles. The van der Waals surface area contributed by atoms with Gasteiger partial charge >= 0.3 is 0 Å². The fourth-order valence-corrected chi connectivity index (χ4v) is 3.12. The summed E-state index contributed by atoms with van der Waals surface area (Å²) in [4.78, 5) is 0.971. The van der Waals surface area contributed by atoms with E-state index in [0.29, 0.717) is 6.42 Å². The Morgan fingerprint density at radius 1 is 1.64 bits per heavy atom. The second kappa shape index (κ2) is 5.45. The van der Waals surface area contributed by atoms with Crippen LogP contribution in [0.15, 0.2) is 26.5 Å². The Morgan fingerprint density at radius 3 is 2.71 bits per heavy atom. The van der Waals surface area contributed by atoms with E-state index in [4.69, 9.17) is 0 Å². The summed E-state index contributed by atoms with van der Waals surface area (Å²) in [6.07, 6.45) is 1.15. The molecule has 4 heteroatoms. The number of aliphatic hydroxyl groups excluding tert-OH is 1. The molecule has 1 nitrogen and oxygen atoms in total. The van der Waals surface area contributed by atoms with Crippen molar-refractivity contribution in [3.05, 3.63) is 31.4 Å². The SMILES string of the molecule is C=C(CC)CC(O)c1cc(Br)c(Br)s1. The summed E-state index contributed by atoms with van der Waals surface area (Å²) in [7, 11) is 0. The van der Waals surface area contributed by atoms with Gasteiger partial charge in [-0.1, -0.05) is 19.1 Å². The van der Waals surface area contributed by atoms with Crippen molar-refractivity contribution in [2.75, 3.05) is 0 Å². The van der Waals surface area contributed by atoms with Crippen LogP contribution in [0.2, 0.25) is 0 Å². The lowest BCUT2D eigenvalue weighted by Crippen LogP contribution is -1.95. The number of rotatable bonds is 4. The molecule has 14 heavy (non-hydrogen) atoms. The third kappa shape index (κ3) is 3.19. The molecule has 78 valence electrons. The second-order valence-corrected chi connectivity index (χ2v) is 6.35. The summed E-state index contributed by atoms with van der Waals surface area (Å²) in [5.41, 5.74) is 1.08. The van der Waals surface area contributed by atoms with Crippen molar-refractivity contribution in [1.29, 1.82) is 0 Å². The van der Waals surface area contributed by atoms with Crippen LogP contribution < -0.4 is 0 Å². The van der Waals surface area contributed by atoms with Crippen molar-refractivity contribution in [2.24, 2.45) is 0 Å². The molecular weight excluding hydrogens is 328 g/mol. The Morgan fingerprint density at radius 2 is 2.29 bits per heavy atom. The maximum atomic E-state index is 9.87. The lowest BCUT2D eigenvalue weighted by molar-refractivity contribution is 0.181. The van der Waals surface area contributed by atoms with E-state index < -0.39 is 6.10 Å². The highest BCUT2D eigenvalue weighted by atomic mass is 79.9. The number of halogens is 2. The van der Waals surface area contributed by atoms with Crippen LogP contribution in [0.25, 0.3) is 0 Å². The van der Waals surface area contributed by atoms with Gasteiger partial charge < -0.3 is 5.11 Å². The van der Waals surface area contributed by atoms with Crippen molar-refractivity contribution in [2.45, 2.75) is 25.9 Å². The smallest absolute Gasteiger partial charge is 0.0919 e.